The average Bonchev–Trinajstić information content (AvgIpc) is 1.63. The van der Waals surface area contributed by atoms with Crippen LogP contribution in [0.2, 0.25) is 0 Å². The largest absolute Gasteiger partial charge is 0.711 e. The molecular weight excluding hydrogens is 1130 g/mol. The first-order chi connectivity index (χ1) is 42.0. The number of phenols is 2. The van der Waals surface area contributed by atoms with E-state index < -0.39 is 17.0 Å². The van der Waals surface area contributed by atoms with Gasteiger partial charge in [-0.05, 0) is 185 Å². The SMILES string of the molecule is [CH2-][O+](CCC[O+]([CH2-])c1c(C)cc(F)cc1-c1cc(C(C)(C)CC(C)(C)C)cc(-n2c3cc(C(C)(C)C)ccc3c3ccc(C(C)(C)C)cc32)c1O)c1ccc(F)cc1-c1cc(C(C)(C)CC(C)(C)C)cc(-n2c3cc(C)ccc3c3ccc(C(C)(C)C)cc32)c1O. The Morgan fingerprint density at radius 2 is 0.780 bits per heavy atom. The number of benzene rings is 8. The highest BCUT2D eigenvalue weighted by molar-refractivity contribution is 6.11. The minimum Gasteiger partial charge on any atom is -0.711 e. The Hall–Kier alpha value is -7.58. The first kappa shape index (κ1) is 66.3. The lowest BCUT2D eigenvalue weighted by Crippen LogP contribution is -2.25. The molecule has 8 heteroatoms. The molecule has 2 heterocycles. The number of hydrogen-bond acceptors (Lipinski definition) is 2. The third kappa shape index (κ3) is 13.1. The molecule has 0 amide bonds. The monoisotopic (exact) mass is 1230 g/mol. The molecule has 6 nitrogen and oxygen atoms in total. The number of aromatic nitrogens is 2. The molecule has 0 saturated carbocycles. The van der Waals surface area contributed by atoms with Crippen LogP contribution in [0.3, 0.4) is 0 Å². The number of halogens is 2. The fourth-order valence-electron chi connectivity index (χ4n) is 14.6. The molecule has 0 aliphatic rings. The van der Waals surface area contributed by atoms with Crippen LogP contribution in [-0.2, 0) is 35.8 Å². The van der Waals surface area contributed by atoms with Gasteiger partial charge in [-0.3, -0.25) is 0 Å². The van der Waals surface area contributed by atoms with Crippen molar-refractivity contribution in [3.63, 3.8) is 0 Å². The van der Waals surface area contributed by atoms with Crippen molar-refractivity contribution >= 4 is 43.6 Å². The highest BCUT2D eigenvalue weighted by Gasteiger charge is 2.35. The van der Waals surface area contributed by atoms with Crippen LogP contribution in [0.1, 0.15) is 190 Å². The van der Waals surface area contributed by atoms with Crippen molar-refractivity contribution in [2.45, 2.75) is 192 Å². The minimum absolute atomic E-state index is 0.0242. The molecule has 8 aromatic carbocycles. The third-order valence-electron chi connectivity index (χ3n) is 18.6. The second-order valence-electron chi connectivity index (χ2n) is 33.2. The number of phenolic OH excluding ortho intramolecular Hbond substituents is 2. The topological polar surface area (TPSA) is 55.7 Å². The summed E-state index contributed by atoms with van der Waals surface area (Å²) in [7, 11) is 9.10. The van der Waals surface area contributed by atoms with Crippen molar-refractivity contribution in [1.82, 2.24) is 9.13 Å². The van der Waals surface area contributed by atoms with E-state index in [1.807, 2.05) is 13.0 Å². The fourth-order valence-corrected chi connectivity index (χ4v) is 14.6. The zero-order chi connectivity index (χ0) is 66.8. The Kier molecular flexibility index (Phi) is 16.9. The van der Waals surface area contributed by atoms with Crippen molar-refractivity contribution in [2.75, 3.05) is 13.2 Å². The zero-order valence-corrected chi connectivity index (χ0v) is 58.4. The number of rotatable bonds is 14. The van der Waals surface area contributed by atoms with Crippen LogP contribution in [-0.4, -0.2) is 32.6 Å². The molecule has 0 fully saturated rings. The van der Waals surface area contributed by atoms with Crippen LogP contribution in [0.25, 0.3) is 77.2 Å². The lowest BCUT2D eigenvalue weighted by molar-refractivity contribution is -0.0165. The van der Waals surface area contributed by atoms with Gasteiger partial charge in [-0.15, -0.1) is 0 Å². The average molecular weight is 1230 g/mol. The predicted octanol–water partition coefficient (Wildman–Crippen LogP) is 24.0. The predicted molar refractivity (Wildman–Crippen MR) is 382 cm³/mol. The number of hydrogen-bond donors (Lipinski definition) is 2. The molecule has 0 atom stereocenters. The molecule has 10 aromatic rings. The number of aromatic hydroxyl groups is 2. The third-order valence-corrected chi connectivity index (χ3v) is 18.6. The summed E-state index contributed by atoms with van der Waals surface area (Å²) in [5, 5.41) is 30.7. The van der Waals surface area contributed by atoms with E-state index in [9.17, 15) is 10.2 Å². The van der Waals surface area contributed by atoms with E-state index in [0.29, 0.717) is 70.3 Å². The quantitative estimate of drug-likeness (QED) is 0.0842. The van der Waals surface area contributed by atoms with E-state index in [2.05, 4.69) is 262 Å². The van der Waals surface area contributed by atoms with Crippen LogP contribution in [0.4, 0.5) is 8.78 Å². The molecule has 0 spiro atoms. The maximum atomic E-state index is 16.4. The summed E-state index contributed by atoms with van der Waals surface area (Å²) in [5.74, 6) is 0.328. The van der Waals surface area contributed by atoms with Crippen molar-refractivity contribution in [3.8, 4) is 56.6 Å². The normalized spacial score (nSPS) is 13.2. The Bertz CT molecular complexity index is 4390. The van der Waals surface area contributed by atoms with Crippen molar-refractivity contribution in [2.24, 2.45) is 10.8 Å². The van der Waals surface area contributed by atoms with E-state index in [4.69, 9.17) is 0 Å². The first-order valence-electron chi connectivity index (χ1n) is 32.5. The molecule has 480 valence electrons. The summed E-state index contributed by atoms with van der Waals surface area (Å²) < 4.78 is 43.0. The minimum atomic E-state index is -0.450. The molecule has 0 unspecified atom stereocenters. The van der Waals surface area contributed by atoms with E-state index in [-0.39, 0.29) is 44.0 Å². The zero-order valence-electron chi connectivity index (χ0n) is 58.4. The molecule has 91 heavy (non-hydrogen) atoms. The molecule has 10 rings (SSSR count). The van der Waals surface area contributed by atoms with Crippen molar-refractivity contribution < 1.29 is 27.7 Å². The molecule has 0 radical (unpaired) electrons. The Morgan fingerprint density at radius 1 is 0.396 bits per heavy atom. The molecule has 0 saturated heterocycles. The van der Waals surface area contributed by atoms with Gasteiger partial charge in [-0.1, -0.05) is 180 Å². The Balaban J connectivity index is 1.08. The Morgan fingerprint density at radius 3 is 1.20 bits per heavy atom. The lowest BCUT2D eigenvalue weighted by Gasteiger charge is -2.35. The van der Waals surface area contributed by atoms with Crippen LogP contribution < -0.4 is 0 Å². The van der Waals surface area contributed by atoms with Gasteiger partial charge >= 0.3 is 0 Å². The molecule has 0 aliphatic carbocycles. The second-order valence-corrected chi connectivity index (χ2v) is 33.2. The smallest absolute Gasteiger partial charge is 0.237 e. The first-order valence-corrected chi connectivity index (χ1v) is 32.5. The summed E-state index contributed by atoms with van der Waals surface area (Å²) in [6, 6.07) is 42.6. The lowest BCUT2D eigenvalue weighted by atomic mass is 9.71. The van der Waals surface area contributed by atoms with E-state index in [0.717, 1.165) is 73.1 Å². The van der Waals surface area contributed by atoms with E-state index in [1.165, 1.54) is 41.0 Å². The van der Waals surface area contributed by atoms with Crippen LogP contribution in [0, 0.1) is 50.5 Å². The standard InChI is InChI=1S/C83H100F2N2O4/c1-50-25-30-59-60-31-26-52(79(9,10)11)41-68(60)86(67(59)37-50)71-44-55(82(18,19)48-77(3,4)5)39-64(74(71)88)63-46-57(84)29-34-73(63)90(22)35-24-36-91(23)76-51(2)38-58(85)47-66(76)65-40-56(83(20,21)49-78(6,7)8)45-72(75(65)89)87-69-42-53(80(12,13)14)27-32-61(69)62-33-28-54(43-70(62)87)81(15,16)17/h25-34,37-47,88-89H,22-24,35-36,48-49H2,1-21H3. The molecule has 2 aromatic heterocycles. The highest BCUT2D eigenvalue weighted by Crippen LogP contribution is 2.52. The van der Waals surface area contributed by atoms with Crippen molar-refractivity contribution in [1.29, 1.82) is 0 Å². The van der Waals surface area contributed by atoms with E-state index in [1.54, 1.807) is 6.07 Å². The highest BCUT2D eigenvalue weighted by atomic mass is 19.1. The summed E-state index contributed by atoms with van der Waals surface area (Å²) in [4.78, 5) is 0. The van der Waals surface area contributed by atoms with Gasteiger partial charge in [0.1, 0.15) is 29.6 Å². The second kappa shape index (κ2) is 23.2. The van der Waals surface area contributed by atoms with E-state index >= 15 is 8.78 Å². The summed E-state index contributed by atoms with van der Waals surface area (Å²) >= 11 is 0. The molecule has 0 aliphatic heterocycles. The summed E-state index contributed by atoms with van der Waals surface area (Å²) in [6.07, 6.45) is 2.14. The van der Waals surface area contributed by atoms with Gasteiger partial charge in [-0.2, -0.15) is 0 Å². The fraction of sp³-hybridized carbons (Fsp3) is 0.398. The number of nitrogens with zero attached hydrogens (tertiary/aromatic N) is 2. The maximum Gasteiger partial charge on any atom is 0.237 e. The van der Waals surface area contributed by atoms with Gasteiger partial charge in [0.05, 0.1) is 44.6 Å². The molecule has 2 N–H and O–H groups in total. The van der Waals surface area contributed by atoms with Crippen LogP contribution in [0.15, 0.2) is 127 Å². The van der Waals surface area contributed by atoms with Gasteiger partial charge in [-0.25, -0.2) is 8.78 Å². The number of aryl methyl sites for hydroxylation is 2. The van der Waals surface area contributed by atoms with Crippen LogP contribution in [0.5, 0.6) is 23.0 Å². The molecule has 0 bridgehead atoms. The van der Waals surface area contributed by atoms with Gasteiger partial charge < -0.3 is 28.1 Å². The maximum absolute atomic E-state index is 16.4. The van der Waals surface area contributed by atoms with Crippen LogP contribution >= 0.6 is 0 Å². The van der Waals surface area contributed by atoms with Gasteiger partial charge in [0, 0.05) is 44.3 Å². The number of fused-ring (bicyclic) bond motifs is 6. The summed E-state index contributed by atoms with van der Waals surface area (Å²) in [6.45, 7) is 47.1. The summed E-state index contributed by atoms with van der Waals surface area (Å²) in [5.41, 5.74) is 13.0. The van der Waals surface area contributed by atoms with Gasteiger partial charge in [0.2, 0.25) is 11.5 Å². The Labute approximate surface area is 542 Å². The molecular formula is C83H100F2N2O4. The van der Waals surface area contributed by atoms with Gasteiger partial charge in [0.25, 0.3) is 0 Å². The van der Waals surface area contributed by atoms with Gasteiger partial charge in [0.15, 0.2) is 13.2 Å². The van der Waals surface area contributed by atoms with Crippen molar-refractivity contribution in [3.05, 3.63) is 192 Å².